The molecule has 2 saturated carbocycles. The third-order valence-electron chi connectivity index (χ3n) is 8.72. The molecule has 0 radical (unpaired) electrons. The van der Waals surface area contributed by atoms with Crippen LogP contribution in [-0.4, -0.2) is 49.8 Å². The van der Waals surface area contributed by atoms with Crippen LogP contribution in [0.25, 0.3) is 0 Å². The largest absolute Gasteiger partial charge is 0.493 e. The molecule has 0 aromatic heterocycles. The maximum atomic E-state index is 12.9. The molecule has 7 heteroatoms. The maximum absolute atomic E-state index is 12.9. The standard InChI is InChI=1S/C29H38ClN3O3/c1-35-25-12-11-20(17-26(25)36-2)29-14-13-23(32-28(34)31-22-8-6-7-21(30)18-22)19-27(29)33(16-15-29)24-9-4-3-5-10-24/h6-8,11-12,17-18,23-24,27H,3-5,9-10,13-16,19H2,1-2H3,(H2,31,32,34)/t23-,27+,29-/m0/s1. The lowest BCUT2D eigenvalue weighted by Crippen LogP contribution is -2.55. The average Bonchev–Trinajstić information content (AvgIpc) is 3.28. The minimum absolute atomic E-state index is 0.0681. The zero-order valence-corrected chi connectivity index (χ0v) is 22.2. The summed E-state index contributed by atoms with van der Waals surface area (Å²) in [5.74, 6) is 1.56. The van der Waals surface area contributed by atoms with Crippen LogP contribution in [0.2, 0.25) is 5.02 Å². The molecule has 2 aliphatic carbocycles. The van der Waals surface area contributed by atoms with Crippen molar-refractivity contribution >= 4 is 23.3 Å². The summed E-state index contributed by atoms with van der Waals surface area (Å²) in [7, 11) is 3.39. The molecule has 5 rings (SSSR count). The number of rotatable bonds is 6. The van der Waals surface area contributed by atoms with Gasteiger partial charge in [-0.15, -0.1) is 0 Å². The van der Waals surface area contributed by atoms with E-state index in [4.69, 9.17) is 21.1 Å². The van der Waals surface area contributed by atoms with Crippen LogP contribution in [0.15, 0.2) is 42.5 Å². The summed E-state index contributed by atoms with van der Waals surface area (Å²) < 4.78 is 11.2. The molecule has 2 amide bonds. The van der Waals surface area contributed by atoms with Gasteiger partial charge in [-0.2, -0.15) is 0 Å². The second kappa shape index (κ2) is 10.9. The molecule has 1 heterocycles. The molecule has 2 aromatic carbocycles. The van der Waals surface area contributed by atoms with E-state index in [0.29, 0.717) is 22.8 Å². The molecule has 1 aliphatic heterocycles. The number of anilines is 1. The summed E-state index contributed by atoms with van der Waals surface area (Å²) in [6.45, 7) is 1.12. The first-order valence-electron chi connectivity index (χ1n) is 13.3. The van der Waals surface area contributed by atoms with E-state index < -0.39 is 0 Å². The van der Waals surface area contributed by atoms with E-state index in [1.807, 2.05) is 18.2 Å². The number of carbonyl (C=O) groups is 1. The smallest absolute Gasteiger partial charge is 0.319 e. The number of ether oxygens (including phenoxy) is 2. The Balaban J connectivity index is 1.37. The molecule has 1 saturated heterocycles. The highest BCUT2D eigenvalue weighted by Gasteiger charge is 2.53. The van der Waals surface area contributed by atoms with E-state index in [1.54, 1.807) is 26.4 Å². The lowest BCUT2D eigenvalue weighted by molar-refractivity contribution is 0.0825. The highest BCUT2D eigenvalue weighted by atomic mass is 35.5. The number of hydrogen-bond acceptors (Lipinski definition) is 4. The summed E-state index contributed by atoms with van der Waals surface area (Å²) in [6, 6.07) is 14.8. The fourth-order valence-corrected chi connectivity index (χ4v) is 7.16. The van der Waals surface area contributed by atoms with E-state index in [0.717, 1.165) is 43.7 Å². The van der Waals surface area contributed by atoms with Crippen molar-refractivity contribution in [1.29, 1.82) is 0 Å². The van der Waals surface area contributed by atoms with Crippen LogP contribution >= 0.6 is 11.6 Å². The Morgan fingerprint density at radius 2 is 1.81 bits per heavy atom. The minimum atomic E-state index is -0.164. The first kappa shape index (κ1) is 25.2. The van der Waals surface area contributed by atoms with E-state index in [-0.39, 0.29) is 17.5 Å². The molecule has 3 atom stereocenters. The summed E-state index contributed by atoms with van der Waals surface area (Å²) >= 11 is 6.09. The second-order valence-electron chi connectivity index (χ2n) is 10.6. The molecular formula is C29H38ClN3O3. The van der Waals surface area contributed by atoms with Crippen molar-refractivity contribution in [3.8, 4) is 11.5 Å². The monoisotopic (exact) mass is 511 g/mol. The van der Waals surface area contributed by atoms with Crippen LogP contribution in [0.5, 0.6) is 11.5 Å². The first-order valence-corrected chi connectivity index (χ1v) is 13.7. The second-order valence-corrected chi connectivity index (χ2v) is 11.0. The number of amides is 2. The van der Waals surface area contributed by atoms with Crippen LogP contribution in [0.3, 0.4) is 0 Å². The van der Waals surface area contributed by atoms with Gasteiger partial charge in [-0.25, -0.2) is 4.79 Å². The number of likely N-dealkylation sites (tertiary alicyclic amines) is 1. The van der Waals surface area contributed by atoms with Crippen molar-refractivity contribution in [2.24, 2.45) is 0 Å². The minimum Gasteiger partial charge on any atom is -0.493 e. The summed E-state index contributed by atoms with van der Waals surface area (Å²) in [5.41, 5.74) is 2.11. The number of halogens is 1. The van der Waals surface area contributed by atoms with Crippen LogP contribution < -0.4 is 20.1 Å². The zero-order chi connectivity index (χ0) is 25.1. The van der Waals surface area contributed by atoms with Crippen LogP contribution in [0.4, 0.5) is 10.5 Å². The van der Waals surface area contributed by atoms with Gasteiger partial charge in [0.05, 0.1) is 14.2 Å². The number of nitrogens with zero attached hydrogens (tertiary/aromatic N) is 1. The normalized spacial score (nSPS) is 26.8. The molecule has 3 aliphatic rings. The molecule has 2 aromatic rings. The first-order chi connectivity index (χ1) is 17.5. The van der Waals surface area contributed by atoms with Gasteiger partial charge in [0.1, 0.15) is 0 Å². The summed E-state index contributed by atoms with van der Waals surface area (Å²) in [6.07, 6.45) is 10.6. The lowest BCUT2D eigenvalue weighted by Gasteiger charge is -2.47. The van der Waals surface area contributed by atoms with Crippen LogP contribution in [0, 0.1) is 0 Å². The highest BCUT2D eigenvalue weighted by Crippen LogP contribution is 2.51. The van der Waals surface area contributed by atoms with E-state index in [2.05, 4.69) is 27.7 Å². The van der Waals surface area contributed by atoms with E-state index in [9.17, 15) is 4.79 Å². The van der Waals surface area contributed by atoms with E-state index >= 15 is 0 Å². The van der Waals surface area contributed by atoms with Crippen molar-refractivity contribution in [2.75, 3.05) is 26.1 Å². The number of benzene rings is 2. The number of fused-ring (bicyclic) bond motifs is 1. The number of urea groups is 1. The van der Waals surface area contributed by atoms with Crippen LogP contribution in [-0.2, 0) is 5.41 Å². The molecule has 0 spiro atoms. The molecule has 0 bridgehead atoms. The third-order valence-corrected chi connectivity index (χ3v) is 8.96. The SMILES string of the molecule is COc1ccc([C@@]23CC[C@H](NC(=O)Nc4cccc(Cl)c4)C[C@H]2N(C2CCCCC2)CC3)cc1OC. The highest BCUT2D eigenvalue weighted by molar-refractivity contribution is 6.30. The van der Waals surface area contributed by atoms with Gasteiger partial charge < -0.3 is 20.1 Å². The Bertz CT molecular complexity index is 1070. The number of hydrogen-bond donors (Lipinski definition) is 2. The fourth-order valence-electron chi connectivity index (χ4n) is 6.97. The van der Waals surface area contributed by atoms with E-state index in [1.165, 1.54) is 37.7 Å². The Labute approximate surface area is 219 Å². The molecular weight excluding hydrogens is 474 g/mol. The summed E-state index contributed by atoms with van der Waals surface area (Å²) in [4.78, 5) is 15.7. The van der Waals surface area contributed by atoms with Crippen molar-refractivity contribution in [3.63, 3.8) is 0 Å². The van der Waals surface area contributed by atoms with Gasteiger partial charge in [0.15, 0.2) is 11.5 Å². The van der Waals surface area contributed by atoms with Crippen molar-refractivity contribution in [2.45, 2.75) is 81.3 Å². The molecule has 0 unspecified atom stereocenters. The van der Waals surface area contributed by atoms with Gasteiger partial charge in [0.2, 0.25) is 0 Å². The molecule has 6 nitrogen and oxygen atoms in total. The Morgan fingerprint density at radius 3 is 2.56 bits per heavy atom. The summed E-state index contributed by atoms with van der Waals surface area (Å²) in [5, 5.41) is 6.83. The van der Waals surface area contributed by atoms with Crippen molar-refractivity contribution in [3.05, 3.63) is 53.1 Å². The van der Waals surface area contributed by atoms with Gasteiger partial charge in [-0.3, -0.25) is 4.90 Å². The van der Waals surface area contributed by atoms with Crippen LogP contribution in [0.1, 0.15) is 63.4 Å². The van der Waals surface area contributed by atoms with Gasteiger partial charge in [0.25, 0.3) is 0 Å². The predicted octanol–water partition coefficient (Wildman–Crippen LogP) is 6.38. The molecule has 3 fully saturated rings. The van der Waals surface area contributed by atoms with Crippen molar-refractivity contribution < 1.29 is 14.3 Å². The predicted molar refractivity (Wildman–Crippen MR) is 144 cm³/mol. The maximum Gasteiger partial charge on any atom is 0.319 e. The third kappa shape index (κ3) is 5.03. The molecule has 194 valence electrons. The number of carbonyl (C=O) groups excluding carboxylic acids is 1. The quantitative estimate of drug-likeness (QED) is 0.472. The average molecular weight is 512 g/mol. The molecule has 2 N–H and O–H groups in total. The Morgan fingerprint density at radius 1 is 1.00 bits per heavy atom. The number of nitrogens with one attached hydrogen (secondary N) is 2. The Hall–Kier alpha value is -2.44. The fraction of sp³-hybridized carbons (Fsp3) is 0.552. The van der Waals surface area contributed by atoms with Gasteiger partial charge in [-0.1, -0.05) is 43.0 Å². The van der Waals surface area contributed by atoms with Gasteiger partial charge >= 0.3 is 6.03 Å². The van der Waals surface area contributed by atoms with Gasteiger partial charge in [0, 0.05) is 34.3 Å². The molecule has 36 heavy (non-hydrogen) atoms. The lowest BCUT2D eigenvalue weighted by atomic mass is 9.64. The number of methoxy groups -OCH3 is 2. The van der Waals surface area contributed by atoms with Crippen molar-refractivity contribution in [1.82, 2.24) is 10.2 Å². The zero-order valence-electron chi connectivity index (χ0n) is 21.4. The topological polar surface area (TPSA) is 62.8 Å². The Kier molecular flexibility index (Phi) is 7.63. The van der Waals surface area contributed by atoms with Gasteiger partial charge in [-0.05, 0) is 81.0 Å².